The van der Waals surface area contributed by atoms with Crippen LogP contribution in [0.15, 0.2) is 78.9 Å². The monoisotopic (exact) mass is 352 g/mol. The first-order chi connectivity index (χ1) is 12.1. The van der Waals surface area contributed by atoms with Gasteiger partial charge in [0, 0.05) is 12.2 Å². The van der Waals surface area contributed by atoms with Crippen molar-refractivity contribution < 1.29 is 9.09 Å². The molecule has 1 heterocycles. The second kappa shape index (κ2) is 8.69. The van der Waals surface area contributed by atoms with Gasteiger partial charge >= 0.3 is 0 Å². The lowest BCUT2D eigenvalue weighted by Gasteiger charge is -2.25. The molecule has 1 aliphatic rings. The van der Waals surface area contributed by atoms with E-state index in [2.05, 4.69) is 19.1 Å². The molecule has 4 rings (SSSR count). The van der Waals surface area contributed by atoms with Crippen LogP contribution in [0.3, 0.4) is 0 Å². The molecule has 1 unspecified atom stereocenters. The minimum Gasteiger partial charge on any atom is -0.439 e. The molecule has 3 aromatic carbocycles. The van der Waals surface area contributed by atoms with E-state index in [0.29, 0.717) is 5.75 Å². The van der Waals surface area contributed by atoms with Gasteiger partial charge in [-0.05, 0) is 24.6 Å². The van der Waals surface area contributed by atoms with E-state index in [1.165, 1.54) is 5.56 Å². The van der Waals surface area contributed by atoms with Gasteiger partial charge in [-0.25, -0.2) is 0 Å². The van der Waals surface area contributed by atoms with Crippen molar-refractivity contribution in [2.75, 3.05) is 6.66 Å². The molecule has 0 radical (unpaired) electrons. The number of benzene rings is 3. The number of aryl methyl sites for hydroxylation is 1. The van der Waals surface area contributed by atoms with E-state index < -0.39 is 7.37 Å². The maximum absolute atomic E-state index is 12.4. The van der Waals surface area contributed by atoms with Crippen molar-refractivity contribution in [3.8, 4) is 16.9 Å². The van der Waals surface area contributed by atoms with Crippen LogP contribution in [0.25, 0.3) is 11.1 Å². The van der Waals surface area contributed by atoms with Gasteiger partial charge in [0.05, 0.1) is 5.30 Å². The van der Waals surface area contributed by atoms with E-state index in [0.717, 1.165) is 16.4 Å². The molecule has 0 saturated heterocycles. The van der Waals surface area contributed by atoms with Crippen molar-refractivity contribution in [2.24, 2.45) is 0 Å². The molecule has 130 valence electrons. The van der Waals surface area contributed by atoms with E-state index in [4.69, 9.17) is 4.52 Å². The lowest BCUT2D eigenvalue weighted by atomic mass is 10.0. The zero-order chi connectivity index (χ0) is 18.3. The van der Waals surface area contributed by atoms with E-state index in [-0.39, 0.29) is 0 Å². The van der Waals surface area contributed by atoms with Crippen molar-refractivity contribution in [2.45, 2.75) is 20.8 Å². The highest BCUT2D eigenvalue weighted by Crippen LogP contribution is 2.51. The first-order valence-electron chi connectivity index (χ1n) is 8.56. The van der Waals surface area contributed by atoms with E-state index in [1.54, 1.807) is 6.66 Å². The smallest absolute Gasteiger partial charge is 0.274 e. The summed E-state index contributed by atoms with van der Waals surface area (Å²) in [5.41, 5.74) is 3.36. The SMILES string of the molecule is CC.CP1(=O)Oc2ccccc2-c2ccccc21.Cc1ccccc1. The summed E-state index contributed by atoms with van der Waals surface area (Å²) >= 11 is 0. The highest BCUT2D eigenvalue weighted by Gasteiger charge is 2.30. The van der Waals surface area contributed by atoms with Crippen LogP contribution in [-0.4, -0.2) is 6.66 Å². The lowest BCUT2D eigenvalue weighted by Crippen LogP contribution is -2.16. The van der Waals surface area contributed by atoms with Gasteiger partial charge in [-0.3, -0.25) is 4.57 Å². The summed E-state index contributed by atoms with van der Waals surface area (Å²) in [6.07, 6.45) is 0. The fraction of sp³-hybridized carbons (Fsp3) is 0.182. The van der Waals surface area contributed by atoms with E-state index in [1.807, 2.05) is 80.6 Å². The average Bonchev–Trinajstić information content (AvgIpc) is 2.64. The largest absolute Gasteiger partial charge is 0.439 e. The molecule has 0 saturated carbocycles. The number of fused-ring (bicyclic) bond motifs is 3. The van der Waals surface area contributed by atoms with Crippen molar-refractivity contribution in [3.63, 3.8) is 0 Å². The number of rotatable bonds is 0. The Hall–Kier alpha value is -2.31. The molecule has 0 aromatic heterocycles. The minimum atomic E-state index is -2.71. The number of hydrogen-bond acceptors (Lipinski definition) is 2. The highest BCUT2D eigenvalue weighted by molar-refractivity contribution is 7.67. The molecule has 0 N–H and O–H groups in total. The second-order valence-electron chi connectivity index (χ2n) is 5.61. The molecule has 3 aromatic rings. The summed E-state index contributed by atoms with van der Waals surface area (Å²) in [6.45, 7) is 7.75. The molecule has 25 heavy (non-hydrogen) atoms. The quantitative estimate of drug-likeness (QED) is 0.444. The van der Waals surface area contributed by atoms with Crippen LogP contribution in [0.2, 0.25) is 0 Å². The van der Waals surface area contributed by atoms with Gasteiger partial charge in [0.25, 0.3) is 7.37 Å². The van der Waals surface area contributed by atoms with Crippen LogP contribution in [0.4, 0.5) is 0 Å². The van der Waals surface area contributed by atoms with Crippen molar-refractivity contribution in [3.05, 3.63) is 84.4 Å². The van der Waals surface area contributed by atoms with Crippen LogP contribution < -0.4 is 9.83 Å². The Morgan fingerprint density at radius 2 is 1.24 bits per heavy atom. The number of para-hydroxylation sites is 1. The van der Waals surface area contributed by atoms with Gasteiger partial charge in [-0.15, -0.1) is 0 Å². The molecule has 0 amide bonds. The Balaban J connectivity index is 0.000000211. The Morgan fingerprint density at radius 3 is 1.84 bits per heavy atom. The summed E-state index contributed by atoms with van der Waals surface area (Å²) in [7, 11) is -2.71. The van der Waals surface area contributed by atoms with Gasteiger partial charge in [0.1, 0.15) is 5.75 Å². The van der Waals surface area contributed by atoms with Crippen LogP contribution in [0, 0.1) is 6.92 Å². The van der Waals surface area contributed by atoms with E-state index in [9.17, 15) is 4.57 Å². The second-order valence-corrected chi connectivity index (χ2v) is 7.96. The van der Waals surface area contributed by atoms with Gasteiger partial charge in [0.2, 0.25) is 0 Å². The topological polar surface area (TPSA) is 26.3 Å². The van der Waals surface area contributed by atoms with E-state index >= 15 is 0 Å². The normalized spacial score (nSPS) is 16.6. The third-order valence-corrected chi connectivity index (χ3v) is 5.54. The fourth-order valence-electron chi connectivity index (χ4n) is 2.60. The first kappa shape index (κ1) is 19.0. The van der Waals surface area contributed by atoms with Crippen LogP contribution in [0.5, 0.6) is 5.75 Å². The van der Waals surface area contributed by atoms with Gasteiger partial charge in [-0.2, -0.15) is 0 Å². The summed E-state index contributed by atoms with van der Waals surface area (Å²) in [5.74, 6) is 0.715. The van der Waals surface area contributed by atoms with Gasteiger partial charge in [0.15, 0.2) is 0 Å². The Labute approximate surface area is 151 Å². The molecular formula is C22H25O2P. The van der Waals surface area contributed by atoms with Crippen molar-refractivity contribution in [1.82, 2.24) is 0 Å². The first-order valence-corrected chi connectivity index (χ1v) is 10.6. The average molecular weight is 352 g/mol. The summed E-state index contributed by atoms with van der Waals surface area (Å²) in [6, 6.07) is 25.7. The summed E-state index contributed by atoms with van der Waals surface area (Å²) in [5, 5.41) is 0.814. The summed E-state index contributed by atoms with van der Waals surface area (Å²) in [4.78, 5) is 0. The molecule has 0 bridgehead atoms. The lowest BCUT2D eigenvalue weighted by molar-refractivity contribution is 0.497. The van der Waals surface area contributed by atoms with Crippen LogP contribution in [-0.2, 0) is 4.57 Å². The number of hydrogen-bond donors (Lipinski definition) is 0. The standard InChI is InChI=1S/C13H11O2P.C7H8.C2H6/c1-16(14)13-9-5-3-7-11(13)10-6-2-4-8-12(10)15-16;1-7-5-3-2-4-6-7;1-2/h2-9H,1H3;2-6H,1H3;1-2H3. The highest BCUT2D eigenvalue weighted by atomic mass is 31.2. The molecule has 1 aliphatic heterocycles. The predicted octanol–water partition coefficient (Wildman–Crippen LogP) is 6.30. The maximum atomic E-state index is 12.4. The van der Waals surface area contributed by atoms with Crippen molar-refractivity contribution >= 4 is 12.7 Å². The van der Waals surface area contributed by atoms with Crippen LogP contribution >= 0.6 is 7.37 Å². The Kier molecular flexibility index (Phi) is 6.61. The van der Waals surface area contributed by atoms with Crippen LogP contribution in [0.1, 0.15) is 19.4 Å². The zero-order valence-electron chi connectivity index (χ0n) is 15.3. The fourth-order valence-corrected chi connectivity index (χ4v) is 4.22. The minimum absolute atomic E-state index is 0.715. The molecular weight excluding hydrogens is 327 g/mol. The molecule has 2 nitrogen and oxygen atoms in total. The Morgan fingerprint density at radius 1 is 0.720 bits per heavy atom. The zero-order valence-corrected chi connectivity index (χ0v) is 16.2. The van der Waals surface area contributed by atoms with Gasteiger partial charge < -0.3 is 4.52 Å². The molecule has 3 heteroatoms. The predicted molar refractivity (Wildman–Crippen MR) is 108 cm³/mol. The third-order valence-electron chi connectivity index (χ3n) is 3.73. The molecule has 0 aliphatic carbocycles. The molecule has 1 atom stereocenters. The van der Waals surface area contributed by atoms with Crippen molar-refractivity contribution in [1.29, 1.82) is 0 Å². The third kappa shape index (κ3) is 4.61. The molecule has 0 fully saturated rings. The molecule has 0 spiro atoms. The maximum Gasteiger partial charge on any atom is 0.274 e. The summed E-state index contributed by atoms with van der Waals surface area (Å²) < 4.78 is 18.0. The van der Waals surface area contributed by atoms with Gasteiger partial charge in [-0.1, -0.05) is 86.1 Å². The Bertz CT molecular complexity index is 857.